The van der Waals surface area contributed by atoms with Gasteiger partial charge in [-0.15, -0.1) is 0 Å². The lowest BCUT2D eigenvalue weighted by atomic mass is 10.1. The monoisotopic (exact) mass is 216 g/mol. The van der Waals surface area contributed by atoms with Crippen LogP contribution in [0.1, 0.15) is 25.0 Å². The van der Waals surface area contributed by atoms with Gasteiger partial charge in [-0.2, -0.15) is 0 Å². The van der Waals surface area contributed by atoms with E-state index in [1.54, 1.807) is 0 Å². The molecule has 84 valence electrons. The van der Waals surface area contributed by atoms with Crippen LogP contribution in [0, 0.1) is 5.82 Å². The molecule has 15 heavy (non-hydrogen) atoms. The maximum Gasteiger partial charge on any atom is 0.125 e. The third-order valence-electron chi connectivity index (χ3n) is 1.96. The summed E-state index contributed by atoms with van der Waals surface area (Å²) in [5.41, 5.74) is 0.383. The van der Waals surface area contributed by atoms with Gasteiger partial charge in [-0.3, -0.25) is 4.39 Å². The van der Waals surface area contributed by atoms with Crippen LogP contribution < -0.4 is 4.74 Å². The van der Waals surface area contributed by atoms with Gasteiger partial charge in [0, 0.05) is 12.0 Å². The molecule has 4 heteroatoms. The summed E-state index contributed by atoms with van der Waals surface area (Å²) < 4.78 is 29.9. The second-order valence-electron chi connectivity index (χ2n) is 3.25. The largest absolute Gasteiger partial charge is 0.493 e. The standard InChI is InChI=1S/C11H14F2O2/c1-8(14)10-7-9(13)3-4-11(10)15-6-2-5-12/h3-4,7-8,14H,2,5-6H2,1H3/t8-/m0/s1. The van der Waals surface area contributed by atoms with Crippen molar-refractivity contribution in [2.75, 3.05) is 13.3 Å². The van der Waals surface area contributed by atoms with E-state index in [1.165, 1.54) is 25.1 Å². The predicted octanol–water partition coefficient (Wildman–Crippen LogP) is 2.62. The molecule has 0 fully saturated rings. The molecule has 0 saturated heterocycles. The fourth-order valence-electron chi connectivity index (χ4n) is 1.21. The van der Waals surface area contributed by atoms with Gasteiger partial charge in [0.25, 0.3) is 0 Å². The average molecular weight is 216 g/mol. The van der Waals surface area contributed by atoms with E-state index in [9.17, 15) is 13.9 Å². The number of aliphatic hydroxyl groups excluding tert-OH is 1. The van der Waals surface area contributed by atoms with Crippen LogP contribution in [-0.2, 0) is 0 Å². The van der Waals surface area contributed by atoms with Crippen LogP contribution in [0.4, 0.5) is 8.78 Å². The average Bonchev–Trinajstić information content (AvgIpc) is 2.20. The summed E-state index contributed by atoms with van der Waals surface area (Å²) in [5, 5.41) is 9.36. The van der Waals surface area contributed by atoms with Crippen molar-refractivity contribution in [2.45, 2.75) is 19.4 Å². The number of halogens is 2. The molecule has 0 amide bonds. The van der Waals surface area contributed by atoms with Crippen molar-refractivity contribution in [1.82, 2.24) is 0 Å². The highest BCUT2D eigenvalue weighted by Gasteiger charge is 2.10. The lowest BCUT2D eigenvalue weighted by Gasteiger charge is -2.12. The summed E-state index contributed by atoms with van der Waals surface area (Å²) >= 11 is 0. The quantitative estimate of drug-likeness (QED) is 0.766. The third-order valence-corrected chi connectivity index (χ3v) is 1.96. The first-order valence-corrected chi connectivity index (χ1v) is 4.81. The Morgan fingerprint density at radius 3 is 2.80 bits per heavy atom. The minimum Gasteiger partial charge on any atom is -0.493 e. The predicted molar refractivity (Wildman–Crippen MR) is 53.1 cm³/mol. The Bertz CT molecular complexity index is 313. The molecule has 0 saturated carbocycles. The molecule has 0 aliphatic carbocycles. The van der Waals surface area contributed by atoms with E-state index in [-0.39, 0.29) is 13.0 Å². The first-order valence-electron chi connectivity index (χ1n) is 4.81. The number of ether oxygens (including phenoxy) is 1. The van der Waals surface area contributed by atoms with Gasteiger partial charge >= 0.3 is 0 Å². The van der Waals surface area contributed by atoms with E-state index < -0.39 is 18.6 Å². The fraction of sp³-hybridized carbons (Fsp3) is 0.455. The van der Waals surface area contributed by atoms with E-state index in [2.05, 4.69) is 0 Å². The van der Waals surface area contributed by atoms with Crippen LogP contribution in [0.25, 0.3) is 0 Å². The summed E-state index contributed by atoms with van der Waals surface area (Å²) in [6.07, 6.45) is -0.516. The second kappa shape index (κ2) is 5.66. The number of hydrogen-bond donors (Lipinski definition) is 1. The smallest absolute Gasteiger partial charge is 0.125 e. The van der Waals surface area contributed by atoms with Crippen LogP contribution in [0.5, 0.6) is 5.75 Å². The Labute approximate surface area is 87.5 Å². The SMILES string of the molecule is C[C@H](O)c1cc(F)ccc1OCCCF. The lowest BCUT2D eigenvalue weighted by molar-refractivity contribution is 0.189. The van der Waals surface area contributed by atoms with Gasteiger partial charge in [0.1, 0.15) is 11.6 Å². The van der Waals surface area contributed by atoms with Crippen LogP contribution in [0.15, 0.2) is 18.2 Å². The molecule has 1 N–H and O–H groups in total. The molecule has 0 aliphatic rings. The topological polar surface area (TPSA) is 29.5 Å². The van der Waals surface area contributed by atoms with Gasteiger partial charge in [-0.25, -0.2) is 4.39 Å². The van der Waals surface area contributed by atoms with E-state index in [0.29, 0.717) is 11.3 Å². The van der Waals surface area contributed by atoms with Gasteiger partial charge in [0.2, 0.25) is 0 Å². The zero-order chi connectivity index (χ0) is 11.3. The van der Waals surface area contributed by atoms with Crippen molar-refractivity contribution in [3.63, 3.8) is 0 Å². The highest BCUT2D eigenvalue weighted by atomic mass is 19.1. The van der Waals surface area contributed by atoms with Crippen molar-refractivity contribution in [3.05, 3.63) is 29.6 Å². The Balaban J connectivity index is 2.77. The van der Waals surface area contributed by atoms with Crippen LogP contribution in [-0.4, -0.2) is 18.4 Å². The summed E-state index contributed by atoms with van der Waals surface area (Å²) in [6, 6.07) is 3.90. The Hall–Kier alpha value is -1.16. The van der Waals surface area contributed by atoms with Crippen molar-refractivity contribution >= 4 is 0 Å². The van der Waals surface area contributed by atoms with Crippen LogP contribution in [0.2, 0.25) is 0 Å². The van der Waals surface area contributed by atoms with Crippen molar-refractivity contribution in [1.29, 1.82) is 0 Å². The van der Waals surface area contributed by atoms with E-state index >= 15 is 0 Å². The number of benzene rings is 1. The minimum absolute atomic E-state index is 0.224. The molecule has 0 unspecified atom stereocenters. The van der Waals surface area contributed by atoms with Crippen molar-refractivity contribution < 1.29 is 18.6 Å². The zero-order valence-corrected chi connectivity index (χ0v) is 8.54. The Morgan fingerprint density at radius 2 is 2.20 bits per heavy atom. The maximum atomic E-state index is 12.9. The van der Waals surface area contributed by atoms with Gasteiger partial charge in [-0.1, -0.05) is 0 Å². The summed E-state index contributed by atoms with van der Waals surface area (Å²) in [7, 11) is 0. The lowest BCUT2D eigenvalue weighted by Crippen LogP contribution is -2.03. The molecule has 1 rings (SSSR count). The molecule has 0 radical (unpaired) electrons. The first-order chi connectivity index (χ1) is 7.15. The minimum atomic E-state index is -0.805. The summed E-state index contributed by atoms with van der Waals surface area (Å²) in [6.45, 7) is 1.30. The molecule has 1 aromatic carbocycles. The molecule has 0 aliphatic heterocycles. The summed E-state index contributed by atoms with van der Waals surface area (Å²) in [5.74, 6) is -0.0245. The molecule has 0 bridgehead atoms. The number of rotatable bonds is 5. The van der Waals surface area contributed by atoms with Crippen molar-refractivity contribution in [2.24, 2.45) is 0 Å². The molecular weight excluding hydrogens is 202 g/mol. The Morgan fingerprint density at radius 1 is 1.47 bits per heavy atom. The molecule has 1 atom stereocenters. The van der Waals surface area contributed by atoms with Crippen molar-refractivity contribution in [3.8, 4) is 5.75 Å². The van der Waals surface area contributed by atoms with E-state index in [4.69, 9.17) is 4.74 Å². The fourth-order valence-corrected chi connectivity index (χ4v) is 1.21. The van der Waals surface area contributed by atoms with Gasteiger partial charge in [0.05, 0.1) is 19.4 Å². The van der Waals surface area contributed by atoms with Gasteiger partial charge in [-0.05, 0) is 25.1 Å². The maximum absolute atomic E-state index is 12.9. The van der Waals surface area contributed by atoms with Crippen LogP contribution >= 0.6 is 0 Å². The van der Waals surface area contributed by atoms with Gasteiger partial charge < -0.3 is 9.84 Å². The number of hydrogen-bond acceptors (Lipinski definition) is 2. The molecular formula is C11H14F2O2. The molecule has 0 spiro atoms. The number of alkyl halides is 1. The Kier molecular flexibility index (Phi) is 4.49. The zero-order valence-electron chi connectivity index (χ0n) is 8.54. The second-order valence-corrected chi connectivity index (χ2v) is 3.25. The molecule has 0 aromatic heterocycles. The summed E-state index contributed by atoms with van der Waals surface area (Å²) in [4.78, 5) is 0. The molecule has 2 nitrogen and oxygen atoms in total. The highest BCUT2D eigenvalue weighted by Crippen LogP contribution is 2.25. The normalized spacial score (nSPS) is 12.5. The number of aliphatic hydroxyl groups is 1. The molecule has 1 aromatic rings. The molecule has 0 heterocycles. The van der Waals surface area contributed by atoms with E-state index in [0.717, 1.165) is 0 Å². The highest BCUT2D eigenvalue weighted by molar-refractivity contribution is 5.35. The van der Waals surface area contributed by atoms with Crippen LogP contribution in [0.3, 0.4) is 0 Å². The third kappa shape index (κ3) is 3.47. The van der Waals surface area contributed by atoms with Gasteiger partial charge in [0.15, 0.2) is 0 Å². The first kappa shape index (κ1) is 11.9. The van der Waals surface area contributed by atoms with E-state index in [1.807, 2.05) is 0 Å².